The van der Waals surface area contributed by atoms with Gasteiger partial charge in [0.2, 0.25) is 0 Å². The van der Waals surface area contributed by atoms with Crippen LogP contribution >= 0.6 is 0 Å². The van der Waals surface area contributed by atoms with E-state index < -0.39 is 0 Å². The van der Waals surface area contributed by atoms with Crippen LogP contribution in [0.1, 0.15) is 12.5 Å². The molecule has 0 aromatic carbocycles. The fraction of sp³-hybridized carbons (Fsp3) is 0.500. The Balaban J connectivity index is 2.07. The van der Waals surface area contributed by atoms with Crippen molar-refractivity contribution >= 4 is 6.20 Å². The normalized spacial score (nSPS) is 10.5. The molecule has 3 nitrogen and oxygen atoms in total. The van der Waals surface area contributed by atoms with Crippen LogP contribution in [0, 0.1) is 0 Å². The summed E-state index contributed by atoms with van der Waals surface area (Å²) in [6, 6.07) is 2.08. The fourth-order valence-corrected chi connectivity index (χ4v) is 1.28. The monoisotopic (exact) mass is 209 g/mol. The predicted octanol–water partition coefficient (Wildman–Crippen LogP) is 2.18. The summed E-state index contributed by atoms with van der Waals surface area (Å²) >= 11 is 0. The molecule has 15 heavy (non-hydrogen) atoms. The average Bonchev–Trinajstić information content (AvgIpc) is 2.71. The quantitative estimate of drug-likeness (QED) is 0.613. The molecule has 0 aliphatic rings. The maximum Gasteiger partial charge on any atom is 0.0700 e. The molecule has 0 unspecified atom stereocenters. The van der Waals surface area contributed by atoms with E-state index in [-0.39, 0.29) is 0 Å². The van der Waals surface area contributed by atoms with Gasteiger partial charge in [0, 0.05) is 25.2 Å². The first-order chi connectivity index (χ1) is 7.36. The van der Waals surface area contributed by atoms with Crippen molar-refractivity contribution in [3.8, 4) is 0 Å². The molecule has 0 spiro atoms. The molecule has 0 N–H and O–H groups in total. The van der Waals surface area contributed by atoms with Crippen LogP contribution in [0.5, 0.6) is 0 Å². The standard InChI is InChI=1S/C12H19NO2/c1-3-13-7-5-12(11-13)6-8-15-10-9-14-4-2/h3,5,7,11H,1,4,6,8-10H2,2H3. The Bertz CT molecular complexity index is 281. The average molecular weight is 209 g/mol. The van der Waals surface area contributed by atoms with E-state index in [1.54, 1.807) is 6.20 Å². The molecule has 0 saturated heterocycles. The summed E-state index contributed by atoms with van der Waals surface area (Å²) in [6.45, 7) is 8.53. The van der Waals surface area contributed by atoms with E-state index in [2.05, 4.69) is 18.8 Å². The van der Waals surface area contributed by atoms with Crippen molar-refractivity contribution in [2.45, 2.75) is 13.3 Å². The van der Waals surface area contributed by atoms with Gasteiger partial charge in [-0.15, -0.1) is 0 Å². The van der Waals surface area contributed by atoms with Crippen LogP contribution in [0.25, 0.3) is 6.20 Å². The van der Waals surface area contributed by atoms with Gasteiger partial charge in [0.15, 0.2) is 0 Å². The van der Waals surface area contributed by atoms with Gasteiger partial charge < -0.3 is 14.0 Å². The highest BCUT2D eigenvalue weighted by Gasteiger charge is 1.95. The summed E-state index contributed by atoms with van der Waals surface area (Å²) in [5.41, 5.74) is 1.27. The molecule has 1 aromatic heterocycles. The Labute approximate surface area is 91.3 Å². The van der Waals surface area contributed by atoms with Crippen LogP contribution in [0.4, 0.5) is 0 Å². The Morgan fingerprint density at radius 1 is 1.33 bits per heavy atom. The van der Waals surface area contributed by atoms with Crippen molar-refractivity contribution in [2.24, 2.45) is 0 Å². The minimum Gasteiger partial charge on any atom is -0.379 e. The van der Waals surface area contributed by atoms with Crippen LogP contribution in [-0.2, 0) is 15.9 Å². The Morgan fingerprint density at radius 3 is 2.80 bits per heavy atom. The smallest absolute Gasteiger partial charge is 0.0700 e. The molecular formula is C12H19NO2. The lowest BCUT2D eigenvalue weighted by atomic mass is 10.2. The lowest BCUT2D eigenvalue weighted by molar-refractivity contribution is 0.0541. The Hall–Kier alpha value is -1.06. The molecule has 0 aliphatic carbocycles. The topological polar surface area (TPSA) is 23.4 Å². The van der Waals surface area contributed by atoms with Crippen LogP contribution < -0.4 is 0 Å². The first-order valence-corrected chi connectivity index (χ1v) is 5.31. The minimum atomic E-state index is 0.677. The number of rotatable bonds is 8. The maximum absolute atomic E-state index is 5.42. The van der Waals surface area contributed by atoms with Gasteiger partial charge in [-0.3, -0.25) is 0 Å². The number of ether oxygens (including phenoxy) is 2. The van der Waals surface area contributed by atoms with Gasteiger partial charge in [0.25, 0.3) is 0 Å². The van der Waals surface area contributed by atoms with Crippen molar-refractivity contribution in [1.82, 2.24) is 4.57 Å². The molecule has 0 atom stereocenters. The summed E-state index contributed by atoms with van der Waals surface area (Å²) < 4.78 is 12.5. The molecule has 1 aromatic rings. The summed E-state index contributed by atoms with van der Waals surface area (Å²) in [5, 5.41) is 0. The molecule has 0 saturated carbocycles. The molecule has 1 rings (SSSR count). The van der Waals surface area contributed by atoms with Gasteiger partial charge >= 0.3 is 0 Å². The van der Waals surface area contributed by atoms with Gasteiger partial charge in [-0.25, -0.2) is 0 Å². The van der Waals surface area contributed by atoms with E-state index in [9.17, 15) is 0 Å². The summed E-state index contributed by atoms with van der Waals surface area (Å²) in [7, 11) is 0. The number of aromatic nitrogens is 1. The predicted molar refractivity (Wildman–Crippen MR) is 61.8 cm³/mol. The highest BCUT2D eigenvalue weighted by Crippen LogP contribution is 2.02. The summed E-state index contributed by atoms with van der Waals surface area (Å²) in [6.07, 6.45) is 6.76. The zero-order chi connectivity index (χ0) is 10.9. The molecule has 84 valence electrons. The molecule has 0 fully saturated rings. The van der Waals surface area contributed by atoms with Crippen LogP contribution in [0.3, 0.4) is 0 Å². The highest BCUT2D eigenvalue weighted by molar-refractivity contribution is 5.23. The maximum atomic E-state index is 5.42. The lowest BCUT2D eigenvalue weighted by Crippen LogP contribution is -2.06. The molecular weight excluding hydrogens is 190 g/mol. The van der Waals surface area contributed by atoms with Crippen molar-refractivity contribution in [2.75, 3.05) is 26.4 Å². The molecule has 3 heteroatoms. The van der Waals surface area contributed by atoms with Crippen LogP contribution in [-0.4, -0.2) is 31.0 Å². The molecule has 0 aliphatic heterocycles. The van der Waals surface area contributed by atoms with Crippen LogP contribution in [0.2, 0.25) is 0 Å². The first kappa shape index (κ1) is 12.0. The van der Waals surface area contributed by atoms with Crippen molar-refractivity contribution in [1.29, 1.82) is 0 Å². The number of hydrogen-bond acceptors (Lipinski definition) is 2. The molecule has 0 bridgehead atoms. The van der Waals surface area contributed by atoms with Gasteiger partial charge in [-0.2, -0.15) is 0 Å². The molecule has 1 heterocycles. The van der Waals surface area contributed by atoms with Gasteiger partial charge in [-0.1, -0.05) is 6.58 Å². The van der Waals surface area contributed by atoms with Gasteiger partial charge in [0.05, 0.1) is 19.8 Å². The second kappa shape index (κ2) is 7.26. The third-order valence-electron chi connectivity index (χ3n) is 2.10. The third kappa shape index (κ3) is 4.81. The van der Waals surface area contributed by atoms with Crippen molar-refractivity contribution in [3.63, 3.8) is 0 Å². The van der Waals surface area contributed by atoms with Gasteiger partial charge in [-0.05, 0) is 25.0 Å². The second-order valence-corrected chi connectivity index (χ2v) is 3.21. The van der Waals surface area contributed by atoms with Gasteiger partial charge in [0.1, 0.15) is 0 Å². The van der Waals surface area contributed by atoms with Crippen molar-refractivity contribution < 1.29 is 9.47 Å². The van der Waals surface area contributed by atoms with Crippen molar-refractivity contribution in [3.05, 3.63) is 30.6 Å². The second-order valence-electron chi connectivity index (χ2n) is 3.21. The number of nitrogens with zero attached hydrogens (tertiary/aromatic N) is 1. The van der Waals surface area contributed by atoms with E-state index in [1.165, 1.54) is 5.56 Å². The zero-order valence-electron chi connectivity index (χ0n) is 9.32. The zero-order valence-corrected chi connectivity index (χ0v) is 9.32. The highest BCUT2D eigenvalue weighted by atomic mass is 16.5. The number of hydrogen-bond donors (Lipinski definition) is 0. The Morgan fingerprint density at radius 2 is 2.13 bits per heavy atom. The minimum absolute atomic E-state index is 0.677. The fourth-order valence-electron chi connectivity index (χ4n) is 1.28. The van der Waals surface area contributed by atoms with E-state index >= 15 is 0 Å². The Kier molecular flexibility index (Phi) is 5.81. The largest absolute Gasteiger partial charge is 0.379 e. The van der Waals surface area contributed by atoms with E-state index in [4.69, 9.17) is 9.47 Å². The van der Waals surface area contributed by atoms with E-state index in [0.29, 0.717) is 13.2 Å². The third-order valence-corrected chi connectivity index (χ3v) is 2.10. The van der Waals surface area contributed by atoms with E-state index in [1.807, 2.05) is 17.7 Å². The molecule has 0 radical (unpaired) electrons. The summed E-state index contributed by atoms with van der Waals surface area (Å²) in [5.74, 6) is 0. The van der Waals surface area contributed by atoms with Crippen LogP contribution in [0.15, 0.2) is 25.0 Å². The molecule has 0 amide bonds. The SMILES string of the molecule is C=Cn1ccc(CCOCCOCC)c1. The summed E-state index contributed by atoms with van der Waals surface area (Å²) in [4.78, 5) is 0. The first-order valence-electron chi connectivity index (χ1n) is 5.31. The van der Waals surface area contributed by atoms with E-state index in [0.717, 1.165) is 19.6 Å². The lowest BCUT2D eigenvalue weighted by Gasteiger charge is -2.03.